The van der Waals surface area contributed by atoms with E-state index in [0.29, 0.717) is 32.6 Å². The molecule has 0 bridgehead atoms. The zero-order valence-electron chi connectivity index (χ0n) is 14.3. The summed E-state index contributed by atoms with van der Waals surface area (Å²) in [4.78, 5) is 39.8. The van der Waals surface area contributed by atoms with E-state index >= 15 is 0 Å². The van der Waals surface area contributed by atoms with E-state index in [0.717, 1.165) is 32.1 Å². The zero-order valence-corrected chi connectivity index (χ0v) is 15.1. The van der Waals surface area contributed by atoms with Gasteiger partial charge in [0.25, 0.3) is 0 Å². The molecule has 2 rings (SSSR count). The van der Waals surface area contributed by atoms with Crippen LogP contribution in [0.3, 0.4) is 0 Å². The largest absolute Gasteiger partial charge is 0.354 e. The number of carbonyl (C=O) groups is 3. The molecule has 2 heterocycles. The Balaban J connectivity index is 0.00000288. The summed E-state index contributed by atoms with van der Waals surface area (Å²) in [5, 5.41) is 2.87. The number of amides is 3. The Morgan fingerprint density at radius 1 is 1.08 bits per heavy atom. The van der Waals surface area contributed by atoms with E-state index in [2.05, 4.69) is 5.32 Å². The highest BCUT2D eigenvalue weighted by Crippen LogP contribution is 2.24. The van der Waals surface area contributed by atoms with Gasteiger partial charge in [0.05, 0.1) is 0 Å². The second kappa shape index (κ2) is 9.84. The Morgan fingerprint density at radius 2 is 1.79 bits per heavy atom. The minimum atomic E-state index is -0.326. The Morgan fingerprint density at radius 3 is 2.46 bits per heavy atom. The molecule has 2 unspecified atom stereocenters. The SMILES string of the molecule is CC(=O)N1CCCC1C(=O)N1CCCCC1CNC(=O)CCN.Cl. The molecule has 0 spiro atoms. The fourth-order valence-electron chi connectivity index (χ4n) is 3.55. The molecule has 0 aromatic heterocycles. The number of likely N-dealkylation sites (tertiary alicyclic amines) is 2. The predicted molar refractivity (Wildman–Crippen MR) is 93.7 cm³/mol. The van der Waals surface area contributed by atoms with Crippen LogP contribution in [0, 0.1) is 0 Å². The highest BCUT2D eigenvalue weighted by atomic mass is 35.5. The van der Waals surface area contributed by atoms with Crippen LogP contribution in [0.5, 0.6) is 0 Å². The van der Waals surface area contributed by atoms with Crippen LogP contribution in [-0.4, -0.2) is 65.8 Å². The van der Waals surface area contributed by atoms with Crippen LogP contribution in [0.2, 0.25) is 0 Å². The number of hydrogen-bond donors (Lipinski definition) is 2. The van der Waals surface area contributed by atoms with E-state index in [-0.39, 0.29) is 42.2 Å². The Labute approximate surface area is 149 Å². The van der Waals surface area contributed by atoms with Gasteiger partial charge in [-0.3, -0.25) is 14.4 Å². The molecule has 2 fully saturated rings. The van der Waals surface area contributed by atoms with Crippen molar-refractivity contribution in [3.8, 4) is 0 Å². The van der Waals surface area contributed by atoms with E-state index in [1.165, 1.54) is 6.92 Å². The molecule has 7 nitrogen and oxygen atoms in total. The first-order valence-corrected chi connectivity index (χ1v) is 8.59. The topological polar surface area (TPSA) is 95.7 Å². The van der Waals surface area contributed by atoms with Gasteiger partial charge >= 0.3 is 0 Å². The molecule has 8 heteroatoms. The average Bonchev–Trinajstić information content (AvgIpc) is 3.02. The maximum atomic E-state index is 12.9. The number of hydrogen-bond acceptors (Lipinski definition) is 4. The average molecular weight is 361 g/mol. The lowest BCUT2D eigenvalue weighted by Gasteiger charge is -2.38. The van der Waals surface area contributed by atoms with Crippen molar-refractivity contribution in [1.82, 2.24) is 15.1 Å². The standard InChI is InChI=1S/C16H28N4O3.ClH/c1-12(21)19-10-4-6-14(19)16(23)20-9-3-2-5-13(20)11-18-15(22)7-8-17;/h13-14H,2-11,17H2,1H3,(H,18,22);1H. The summed E-state index contributed by atoms with van der Waals surface area (Å²) in [5.41, 5.74) is 5.38. The van der Waals surface area contributed by atoms with Crippen molar-refractivity contribution in [1.29, 1.82) is 0 Å². The number of nitrogens with two attached hydrogens (primary N) is 1. The fourth-order valence-corrected chi connectivity index (χ4v) is 3.55. The molecule has 2 aliphatic heterocycles. The molecular formula is C16H29ClN4O3. The fraction of sp³-hybridized carbons (Fsp3) is 0.812. The zero-order chi connectivity index (χ0) is 16.8. The van der Waals surface area contributed by atoms with E-state index in [1.807, 2.05) is 4.90 Å². The summed E-state index contributed by atoms with van der Waals surface area (Å²) in [7, 11) is 0. The molecule has 3 N–H and O–H groups in total. The summed E-state index contributed by atoms with van der Waals surface area (Å²) in [6.07, 6.45) is 4.85. The van der Waals surface area contributed by atoms with Crippen LogP contribution in [0.25, 0.3) is 0 Å². The van der Waals surface area contributed by atoms with E-state index in [1.54, 1.807) is 4.90 Å². The van der Waals surface area contributed by atoms with Gasteiger partial charge in [-0.15, -0.1) is 12.4 Å². The van der Waals surface area contributed by atoms with Crippen LogP contribution in [0.4, 0.5) is 0 Å². The van der Waals surface area contributed by atoms with Crippen LogP contribution in [0.1, 0.15) is 45.4 Å². The van der Waals surface area contributed by atoms with Crippen molar-refractivity contribution >= 4 is 30.1 Å². The van der Waals surface area contributed by atoms with Gasteiger partial charge in [0, 0.05) is 45.6 Å². The van der Waals surface area contributed by atoms with Crippen molar-refractivity contribution < 1.29 is 14.4 Å². The molecule has 24 heavy (non-hydrogen) atoms. The summed E-state index contributed by atoms with van der Waals surface area (Å²) in [6.45, 7) is 3.69. The van der Waals surface area contributed by atoms with E-state index in [4.69, 9.17) is 5.73 Å². The lowest BCUT2D eigenvalue weighted by Crippen LogP contribution is -2.55. The van der Waals surface area contributed by atoms with Gasteiger partial charge in [0.15, 0.2) is 0 Å². The first-order valence-electron chi connectivity index (χ1n) is 8.59. The summed E-state index contributed by atoms with van der Waals surface area (Å²) < 4.78 is 0. The highest BCUT2D eigenvalue weighted by molar-refractivity contribution is 5.88. The van der Waals surface area contributed by atoms with Gasteiger partial charge in [0.1, 0.15) is 6.04 Å². The minimum Gasteiger partial charge on any atom is -0.354 e. The highest BCUT2D eigenvalue weighted by Gasteiger charge is 2.38. The summed E-state index contributed by atoms with van der Waals surface area (Å²) >= 11 is 0. The second-order valence-electron chi connectivity index (χ2n) is 6.39. The predicted octanol–water partition coefficient (Wildman–Crippen LogP) is 0.265. The van der Waals surface area contributed by atoms with Gasteiger partial charge in [-0.2, -0.15) is 0 Å². The Kier molecular flexibility index (Phi) is 8.48. The van der Waals surface area contributed by atoms with Gasteiger partial charge in [-0.05, 0) is 32.1 Å². The quantitative estimate of drug-likeness (QED) is 0.735. The van der Waals surface area contributed by atoms with Crippen molar-refractivity contribution in [3.63, 3.8) is 0 Å². The van der Waals surface area contributed by atoms with Gasteiger partial charge in [-0.1, -0.05) is 0 Å². The number of carbonyl (C=O) groups excluding carboxylic acids is 3. The van der Waals surface area contributed by atoms with Gasteiger partial charge in [0.2, 0.25) is 17.7 Å². The third kappa shape index (κ3) is 5.08. The third-order valence-electron chi connectivity index (χ3n) is 4.76. The smallest absolute Gasteiger partial charge is 0.245 e. The Hall–Kier alpha value is -1.34. The molecule has 2 saturated heterocycles. The molecular weight excluding hydrogens is 332 g/mol. The lowest BCUT2D eigenvalue weighted by atomic mass is 10.00. The van der Waals surface area contributed by atoms with Crippen LogP contribution in [0.15, 0.2) is 0 Å². The number of nitrogens with zero attached hydrogens (tertiary/aromatic N) is 2. The van der Waals surface area contributed by atoms with Gasteiger partial charge < -0.3 is 20.9 Å². The maximum absolute atomic E-state index is 12.9. The monoisotopic (exact) mass is 360 g/mol. The molecule has 138 valence electrons. The van der Waals surface area contributed by atoms with Crippen LogP contribution >= 0.6 is 12.4 Å². The first-order chi connectivity index (χ1) is 11.0. The van der Waals surface area contributed by atoms with E-state index < -0.39 is 0 Å². The van der Waals surface area contributed by atoms with Crippen LogP contribution < -0.4 is 11.1 Å². The number of nitrogens with one attached hydrogen (secondary N) is 1. The normalized spacial score (nSPS) is 23.6. The molecule has 0 aromatic carbocycles. The molecule has 2 aliphatic rings. The van der Waals surface area contributed by atoms with Gasteiger partial charge in [-0.25, -0.2) is 0 Å². The molecule has 0 aliphatic carbocycles. The van der Waals surface area contributed by atoms with Crippen molar-refractivity contribution in [3.05, 3.63) is 0 Å². The summed E-state index contributed by atoms with van der Waals surface area (Å²) in [5.74, 6) is -0.0715. The maximum Gasteiger partial charge on any atom is 0.245 e. The first kappa shape index (κ1) is 20.7. The molecule has 0 radical (unpaired) electrons. The van der Waals surface area contributed by atoms with Crippen molar-refractivity contribution in [2.24, 2.45) is 5.73 Å². The second-order valence-corrected chi connectivity index (χ2v) is 6.39. The van der Waals surface area contributed by atoms with Crippen LogP contribution in [-0.2, 0) is 14.4 Å². The van der Waals surface area contributed by atoms with Crippen molar-refractivity contribution in [2.45, 2.75) is 57.5 Å². The minimum absolute atomic E-state index is 0. The third-order valence-corrected chi connectivity index (χ3v) is 4.76. The van der Waals surface area contributed by atoms with Crippen molar-refractivity contribution in [2.75, 3.05) is 26.2 Å². The number of halogens is 1. The summed E-state index contributed by atoms with van der Waals surface area (Å²) in [6, 6.07) is -0.305. The molecule has 3 amide bonds. The Bertz CT molecular complexity index is 461. The molecule has 0 aromatic rings. The molecule has 2 atom stereocenters. The molecule has 0 saturated carbocycles. The van der Waals surface area contributed by atoms with E-state index in [9.17, 15) is 14.4 Å². The number of rotatable bonds is 5. The lowest BCUT2D eigenvalue weighted by molar-refractivity contribution is -0.145. The number of piperidine rings is 1.